The zero-order chi connectivity index (χ0) is 13.1. The molecule has 0 atom stereocenters. The molecular formula is C12H12ClN3O2. The lowest BCUT2D eigenvalue weighted by atomic mass is 10.3. The number of anilines is 1. The summed E-state index contributed by atoms with van der Waals surface area (Å²) in [4.78, 5) is 23.3. The van der Waals surface area contributed by atoms with Gasteiger partial charge in [-0.25, -0.2) is 4.79 Å². The van der Waals surface area contributed by atoms with Crippen molar-refractivity contribution in [3.63, 3.8) is 0 Å². The van der Waals surface area contributed by atoms with E-state index in [0.717, 1.165) is 0 Å². The molecule has 0 fully saturated rings. The van der Waals surface area contributed by atoms with Gasteiger partial charge in [-0.15, -0.1) is 0 Å². The van der Waals surface area contributed by atoms with Crippen LogP contribution in [0.1, 0.15) is 0 Å². The molecule has 1 N–H and O–H groups in total. The summed E-state index contributed by atoms with van der Waals surface area (Å²) in [6.45, 7) is -0.0368. The molecule has 0 spiro atoms. The van der Waals surface area contributed by atoms with E-state index in [1.807, 2.05) is 0 Å². The van der Waals surface area contributed by atoms with E-state index >= 15 is 0 Å². The van der Waals surface area contributed by atoms with Crippen molar-refractivity contribution in [2.24, 2.45) is 7.05 Å². The number of aryl methyl sites for hydroxylation is 1. The molecule has 1 aromatic heterocycles. The Bertz CT molecular complexity index is 630. The van der Waals surface area contributed by atoms with E-state index < -0.39 is 0 Å². The zero-order valence-electron chi connectivity index (χ0n) is 9.76. The first-order chi connectivity index (χ1) is 8.58. The van der Waals surface area contributed by atoms with Gasteiger partial charge in [-0.05, 0) is 12.1 Å². The molecule has 5 nitrogen and oxygen atoms in total. The highest BCUT2D eigenvalue weighted by atomic mass is 35.5. The molecule has 18 heavy (non-hydrogen) atoms. The first-order valence-corrected chi connectivity index (χ1v) is 5.72. The Morgan fingerprint density at radius 2 is 2.06 bits per heavy atom. The lowest BCUT2D eigenvalue weighted by Crippen LogP contribution is -2.28. The highest BCUT2D eigenvalue weighted by Crippen LogP contribution is 2.20. The Labute approximate surface area is 109 Å². The van der Waals surface area contributed by atoms with Gasteiger partial charge in [-0.2, -0.15) is 0 Å². The molecule has 0 aliphatic heterocycles. The smallest absolute Gasteiger partial charge is 0.323 e. The number of imidazole rings is 1. The predicted octanol–water partition coefficient (Wildman–Crippen LogP) is 1.48. The summed E-state index contributed by atoms with van der Waals surface area (Å²) in [5.41, 5.74) is 0.303. The Morgan fingerprint density at radius 1 is 1.33 bits per heavy atom. The molecule has 2 rings (SSSR count). The molecule has 2 aromatic rings. The van der Waals surface area contributed by atoms with Crippen molar-refractivity contribution in [1.82, 2.24) is 9.13 Å². The van der Waals surface area contributed by atoms with Crippen molar-refractivity contribution < 1.29 is 4.79 Å². The second kappa shape index (κ2) is 5.10. The normalized spacial score (nSPS) is 10.3. The van der Waals surface area contributed by atoms with Gasteiger partial charge in [0, 0.05) is 19.4 Å². The lowest BCUT2D eigenvalue weighted by molar-refractivity contribution is -0.116. The van der Waals surface area contributed by atoms with E-state index in [1.165, 1.54) is 9.13 Å². The number of hydrogen-bond acceptors (Lipinski definition) is 2. The summed E-state index contributed by atoms with van der Waals surface area (Å²) in [6.07, 6.45) is 3.17. The maximum Gasteiger partial charge on any atom is 0.328 e. The van der Waals surface area contributed by atoms with Crippen LogP contribution in [0.5, 0.6) is 0 Å². The van der Waals surface area contributed by atoms with Crippen molar-refractivity contribution in [1.29, 1.82) is 0 Å². The largest absolute Gasteiger partial charge is 0.328 e. The second-order valence-electron chi connectivity index (χ2n) is 3.85. The molecule has 0 saturated heterocycles. The fourth-order valence-corrected chi connectivity index (χ4v) is 1.72. The molecule has 0 radical (unpaired) electrons. The van der Waals surface area contributed by atoms with Crippen LogP contribution in [0.2, 0.25) is 5.02 Å². The minimum atomic E-state index is -0.295. The third kappa shape index (κ3) is 2.62. The number of amides is 1. The van der Waals surface area contributed by atoms with Crippen molar-refractivity contribution in [2.45, 2.75) is 6.54 Å². The van der Waals surface area contributed by atoms with E-state index in [1.54, 1.807) is 43.7 Å². The predicted molar refractivity (Wildman–Crippen MR) is 69.8 cm³/mol. The maximum atomic E-state index is 11.8. The molecule has 1 aromatic carbocycles. The van der Waals surface area contributed by atoms with Gasteiger partial charge >= 0.3 is 5.69 Å². The molecular weight excluding hydrogens is 254 g/mol. The molecule has 94 valence electrons. The van der Waals surface area contributed by atoms with Gasteiger partial charge in [-0.3, -0.25) is 9.36 Å². The van der Waals surface area contributed by atoms with Crippen LogP contribution in [0, 0.1) is 0 Å². The van der Waals surface area contributed by atoms with Crippen LogP contribution in [0.15, 0.2) is 41.5 Å². The van der Waals surface area contributed by atoms with E-state index in [2.05, 4.69) is 5.32 Å². The van der Waals surface area contributed by atoms with E-state index in [-0.39, 0.29) is 18.1 Å². The zero-order valence-corrected chi connectivity index (χ0v) is 10.5. The summed E-state index contributed by atoms with van der Waals surface area (Å²) >= 11 is 5.92. The molecule has 0 aliphatic carbocycles. The average molecular weight is 266 g/mol. The van der Waals surface area contributed by atoms with Crippen molar-refractivity contribution in [2.75, 3.05) is 5.32 Å². The van der Waals surface area contributed by atoms with Gasteiger partial charge in [0.25, 0.3) is 0 Å². The van der Waals surface area contributed by atoms with Gasteiger partial charge in [0.15, 0.2) is 0 Å². The van der Waals surface area contributed by atoms with Gasteiger partial charge in [0.2, 0.25) is 5.91 Å². The number of para-hydroxylation sites is 1. The molecule has 6 heteroatoms. The van der Waals surface area contributed by atoms with E-state index in [9.17, 15) is 9.59 Å². The second-order valence-corrected chi connectivity index (χ2v) is 4.25. The number of benzene rings is 1. The minimum Gasteiger partial charge on any atom is -0.323 e. The van der Waals surface area contributed by atoms with Crippen LogP contribution in [-0.4, -0.2) is 15.0 Å². The monoisotopic (exact) mass is 265 g/mol. The van der Waals surface area contributed by atoms with Gasteiger partial charge in [0.1, 0.15) is 6.54 Å². The number of hydrogen-bond donors (Lipinski definition) is 1. The fourth-order valence-electron chi connectivity index (χ4n) is 1.54. The number of rotatable bonds is 3. The maximum absolute atomic E-state index is 11.8. The molecule has 0 bridgehead atoms. The number of carbonyl (C=O) groups excluding carboxylic acids is 1. The van der Waals surface area contributed by atoms with Crippen LogP contribution in [-0.2, 0) is 18.4 Å². The van der Waals surface area contributed by atoms with Crippen LogP contribution < -0.4 is 11.0 Å². The highest BCUT2D eigenvalue weighted by Gasteiger charge is 2.08. The number of nitrogens with zero attached hydrogens (tertiary/aromatic N) is 2. The first-order valence-electron chi connectivity index (χ1n) is 5.34. The molecule has 1 heterocycles. The van der Waals surface area contributed by atoms with Gasteiger partial charge in [0.05, 0.1) is 10.7 Å². The van der Waals surface area contributed by atoms with Crippen molar-refractivity contribution in [3.05, 3.63) is 52.2 Å². The molecule has 0 saturated carbocycles. The van der Waals surface area contributed by atoms with E-state index in [4.69, 9.17) is 11.6 Å². The fraction of sp³-hybridized carbons (Fsp3) is 0.167. The number of carbonyl (C=O) groups is 1. The molecule has 0 unspecified atom stereocenters. The third-order valence-electron chi connectivity index (χ3n) is 2.48. The summed E-state index contributed by atoms with van der Waals surface area (Å²) in [5, 5.41) is 3.12. The van der Waals surface area contributed by atoms with Crippen LogP contribution in [0.4, 0.5) is 5.69 Å². The minimum absolute atomic E-state index is 0.0368. The first kappa shape index (κ1) is 12.4. The van der Waals surface area contributed by atoms with Crippen LogP contribution in [0.3, 0.4) is 0 Å². The summed E-state index contributed by atoms with van der Waals surface area (Å²) in [7, 11) is 1.63. The Hall–Kier alpha value is -2.01. The molecule has 0 aliphatic rings. The number of aromatic nitrogens is 2. The topological polar surface area (TPSA) is 56.0 Å². The summed E-state index contributed by atoms with van der Waals surface area (Å²) < 4.78 is 2.73. The Morgan fingerprint density at radius 3 is 2.67 bits per heavy atom. The van der Waals surface area contributed by atoms with Gasteiger partial charge in [-0.1, -0.05) is 23.7 Å². The Balaban J connectivity index is 2.08. The summed E-state index contributed by atoms with van der Waals surface area (Å²) in [5.74, 6) is -0.295. The highest BCUT2D eigenvalue weighted by molar-refractivity contribution is 6.33. The summed E-state index contributed by atoms with van der Waals surface area (Å²) in [6, 6.07) is 6.94. The Kier molecular flexibility index (Phi) is 3.53. The number of halogens is 1. The average Bonchev–Trinajstić information content (AvgIpc) is 2.64. The van der Waals surface area contributed by atoms with Gasteiger partial charge < -0.3 is 9.88 Å². The number of nitrogens with one attached hydrogen (secondary N) is 1. The lowest BCUT2D eigenvalue weighted by Gasteiger charge is -2.06. The molecule has 1 amide bonds. The quantitative estimate of drug-likeness (QED) is 0.914. The SMILES string of the molecule is Cn1ccn(CC(=O)Nc2ccccc2Cl)c1=O. The van der Waals surface area contributed by atoms with Crippen LogP contribution in [0.25, 0.3) is 0 Å². The van der Waals surface area contributed by atoms with E-state index in [0.29, 0.717) is 10.7 Å². The standard InChI is InChI=1S/C12H12ClN3O2/c1-15-6-7-16(12(15)18)8-11(17)14-10-5-3-2-4-9(10)13/h2-7H,8H2,1H3,(H,14,17). The third-order valence-corrected chi connectivity index (χ3v) is 2.81. The van der Waals surface area contributed by atoms with Crippen LogP contribution >= 0.6 is 11.6 Å². The van der Waals surface area contributed by atoms with Crippen molar-refractivity contribution in [3.8, 4) is 0 Å². The van der Waals surface area contributed by atoms with Crippen molar-refractivity contribution >= 4 is 23.2 Å².